The predicted molar refractivity (Wildman–Crippen MR) is 108 cm³/mol. The van der Waals surface area contributed by atoms with Crippen molar-refractivity contribution in [3.63, 3.8) is 0 Å². The van der Waals surface area contributed by atoms with Gasteiger partial charge in [0.15, 0.2) is 0 Å². The molecule has 0 aliphatic carbocycles. The number of rotatable bonds is 4. The van der Waals surface area contributed by atoms with Crippen LogP contribution < -0.4 is 5.56 Å². The average Bonchev–Trinajstić information content (AvgIpc) is 3.38. The van der Waals surface area contributed by atoms with Crippen molar-refractivity contribution >= 4 is 28.4 Å². The van der Waals surface area contributed by atoms with Gasteiger partial charge in [-0.15, -0.1) is 20.4 Å². The van der Waals surface area contributed by atoms with Gasteiger partial charge in [-0.2, -0.15) is 0 Å². The van der Waals surface area contributed by atoms with Crippen molar-refractivity contribution in [3.8, 4) is 11.5 Å². The van der Waals surface area contributed by atoms with E-state index in [-0.39, 0.29) is 5.56 Å². The Morgan fingerprint density at radius 1 is 1.07 bits per heavy atom. The highest BCUT2D eigenvalue weighted by molar-refractivity contribution is 7.98. The summed E-state index contributed by atoms with van der Waals surface area (Å²) in [6.07, 6.45) is 3.34. The van der Waals surface area contributed by atoms with E-state index in [0.29, 0.717) is 33.9 Å². The van der Waals surface area contributed by atoms with Crippen LogP contribution in [0.1, 0.15) is 11.4 Å². The third-order valence-corrected chi connectivity index (χ3v) is 5.41. The molecule has 0 saturated heterocycles. The molecule has 5 aromatic rings. The van der Waals surface area contributed by atoms with Crippen LogP contribution in [0.5, 0.6) is 0 Å². The highest BCUT2D eigenvalue weighted by Crippen LogP contribution is 2.26. The van der Waals surface area contributed by atoms with E-state index in [0.717, 1.165) is 16.6 Å². The fourth-order valence-corrected chi connectivity index (χ4v) is 3.83. The van der Waals surface area contributed by atoms with E-state index in [4.69, 9.17) is 4.42 Å². The van der Waals surface area contributed by atoms with E-state index in [1.807, 2.05) is 41.7 Å². The zero-order valence-corrected chi connectivity index (χ0v) is 16.4. The van der Waals surface area contributed by atoms with E-state index in [9.17, 15) is 4.79 Å². The molecule has 0 fully saturated rings. The second-order valence-corrected chi connectivity index (χ2v) is 7.46. The lowest BCUT2D eigenvalue weighted by Gasteiger charge is -2.08. The molecule has 4 heterocycles. The molecule has 29 heavy (non-hydrogen) atoms. The molecule has 0 N–H and O–H groups in total. The maximum atomic E-state index is 12.7. The number of hydrogen-bond acceptors (Lipinski definition) is 8. The molecule has 0 bridgehead atoms. The molecule has 9 nitrogen and oxygen atoms in total. The molecule has 1 aromatic carbocycles. The van der Waals surface area contributed by atoms with Crippen molar-refractivity contribution in [2.24, 2.45) is 7.05 Å². The minimum Gasteiger partial charge on any atom is -0.411 e. The van der Waals surface area contributed by atoms with Gasteiger partial charge in [0.25, 0.3) is 10.8 Å². The third kappa shape index (κ3) is 2.97. The van der Waals surface area contributed by atoms with Gasteiger partial charge in [-0.25, -0.2) is 0 Å². The van der Waals surface area contributed by atoms with Gasteiger partial charge in [0.05, 0.1) is 16.7 Å². The second kappa shape index (κ2) is 6.82. The molecular weight excluding hydrogens is 390 g/mol. The maximum absolute atomic E-state index is 12.7. The van der Waals surface area contributed by atoms with Crippen LogP contribution in [0.25, 0.3) is 28.1 Å². The van der Waals surface area contributed by atoms with Gasteiger partial charge < -0.3 is 4.42 Å². The van der Waals surface area contributed by atoms with Gasteiger partial charge in [0, 0.05) is 25.0 Å². The highest BCUT2D eigenvalue weighted by Gasteiger charge is 2.16. The Labute approximate surface area is 168 Å². The monoisotopic (exact) mass is 405 g/mol. The number of thioether (sulfide) groups is 1. The molecule has 0 aliphatic rings. The Hall–Kier alpha value is -3.53. The van der Waals surface area contributed by atoms with Gasteiger partial charge in [-0.1, -0.05) is 23.4 Å². The molecule has 5 rings (SSSR count). The molecular formula is C19H15N7O2S. The van der Waals surface area contributed by atoms with Crippen LogP contribution in [0, 0.1) is 6.92 Å². The van der Waals surface area contributed by atoms with Crippen molar-refractivity contribution in [2.75, 3.05) is 0 Å². The van der Waals surface area contributed by atoms with Crippen molar-refractivity contribution in [1.82, 2.24) is 34.3 Å². The summed E-state index contributed by atoms with van der Waals surface area (Å²) in [4.78, 5) is 16.6. The topological polar surface area (TPSA) is 104 Å². The molecule has 4 aromatic heterocycles. The standard InChI is InChI=1S/C19H15N7O2S/c1-11-3-4-14-13(9-11)17(27)25(2)18-23-21-15(26(14)18)10-29-19-24-22-16(28-19)12-5-7-20-8-6-12/h3-9H,10H2,1-2H3. The summed E-state index contributed by atoms with van der Waals surface area (Å²) in [6, 6.07) is 9.39. The normalized spacial score (nSPS) is 11.5. The van der Waals surface area contributed by atoms with E-state index in [1.54, 1.807) is 19.4 Å². The number of benzene rings is 1. The zero-order chi connectivity index (χ0) is 20.0. The number of pyridine rings is 1. The Bertz CT molecular complexity index is 1410. The van der Waals surface area contributed by atoms with Crippen LogP contribution >= 0.6 is 11.8 Å². The van der Waals surface area contributed by atoms with E-state index in [2.05, 4.69) is 25.4 Å². The van der Waals surface area contributed by atoms with E-state index >= 15 is 0 Å². The second-order valence-electron chi connectivity index (χ2n) is 6.53. The van der Waals surface area contributed by atoms with Crippen molar-refractivity contribution < 1.29 is 4.42 Å². The van der Waals surface area contributed by atoms with Gasteiger partial charge >= 0.3 is 0 Å². The number of fused-ring (bicyclic) bond motifs is 3. The van der Waals surface area contributed by atoms with Gasteiger partial charge in [-0.3, -0.25) is 18.7 Å². The van der Waals surface area contributed by atoms with Gasteiger partial charge in [-0.05, 0) is 31.2 Å². The molecule has 0 aliphatic heterocycles. The fraction of sp³-hybridized carbons (Fsp3) is 0.158. The summed E-state index contributed by atoms with van der Waals surface area (Å²) >= 11 is 1.36. The minimum atomic E-state index is -0.0957. The third-order valence-electron chi connectivity index (χ3n) is 4.60. The summed E-state index contributed by atoms with van der Waals surface area (Å²) in [5, 5.41) is 17.7. The predicted octanol–water partition coefficient (Wildman–Crippen LogP) is 2.63. The fourth-order valence-electron chi connectivity index (χ4n) is 3.16. The summed E-state index contributed by atoms with van der Waals surface area (Å²) in [5.74, 6) is 2.08. The molecule has 0 spiro atoms. The molecule has 0 saturated carbocycles. The van der Waals surface area contributed by atoms with Crippen LogP contribution in [0.3, 0.4) is 0 Å². The molecule has 0 atom stereocenters. The summed E-state index contributed by atoms with van der Waals surface area (Å²) in [5.41, 5.74) is 2.51. The molecule has 144 valence electrons. The number of hydrogen-bond donors (Lipinski definition) is 0. The maximum Gasteiger partial charge on any atom is 0.277 e. The lowest BCUT2D eigenvalue weighted by Crippen LogP contribution is -2.20. The molecule has 0 radical (unpaired) electrons. The average molecular weight is 405 g/mol. The van der Waals surface area contributed by atoms with Crippen LogP contribution in [-0.2, 0) is 12.8 Å². The first-order valence-corrected chi connectivity index (χ1v) is 9.80. The Morgan fingerprint density at radius 2 is 1.90 bits per heavy atom. The van der Waals surface area contributed by atoms with Crippen LogP contribution in [0.2, 0.25) is 0 Å². The SMILES string of the molecule is Cc1ccc2c(c1)c(=O)n(C)c1nnc(CSc3nnc(-c4ccncc4)o3)n21. The van der Waals surface area contributed by atoms with Gasteiger partial charge in [0.1, 0.15) is 5.82 Å². The van der Waals surface area contributed by atoms with Crippen LogP contribution in [0.15, 0.2) is 57.2 Å². The first-order valence-electron chi connectivity index (χ1n) is 8.82. The Morgan fingerprint density at radius 3 is 2.72 bits per heavy atom. The largest absolute Gasteiger partial charge is 0.411 e. The summed E-state index contributed by atoms with van der Waals surface area (Å²) in [6.45, 7) is 1.96. The van der Waals surface area contributed by atoms with E-state index < -0.39 is 0 Å². The number of nitrogens with zero attached hydrogens (tertiary/aromatic N) is 7. The van der Waals surface area contributed by atoms with Crippen molar-refractivity contribution in [3.05, 3.63) is 64.5 Å². The number of aromatic nitrogens is 7. The molecule has 0 unspecified atom stereocenters. The smallest absolute Gasteiger partial charge is 0.277 e. The van der Waals surface area contributed by atoms with E-state index in [1.165, 1.54) is 16.3 Å². The lowest BCUT2D eigenvalue weighted by atomic mass is 10.1. The Balaban J connectivity index is 1.51. The quantitative estimate of drug-likeness (QED) is 0.420. The summed E-state index contributed by atoms with van der Waals surface area (Å²) < 4.78 is 9.13. The first kappa shape index (κ1) is 17.6. The zero-order valence-electron chi connectivity index (χ0n) is 15.6. The first-order chi connectivity index (χ1) is 14.1. The van der Waals surface area contributed by atoms with Crippen molar-refractivity contribution in [2.45, 2.75) is 17.9 Å². The lowest BCUT2D eigenvalue weighted by molar-refractivity contribution is 0.465. The van der Waals surface area contributed by atoms with Crippen molar-refractivity contribution in [1.29, 1.82) is 0 Å². The highest BCUT2D eigenvalue weighted by atomic mass is 32.2. The van der Waals surface area contributed by atoms with Crippen LogP contribution in [-0.4, -0.2) is 34.3 Å². The van der Waals surface area contributed by atoms with Crippen LogP contribution in [0.4, 0.5) is 0 Å². The summed E-state index contributed by atoms with van der Waals surface area (Å²) in [7, 11) is 1.70. The molecule has 10 heteroatoms. The number of aryl methyl sites for hydroxylation is 2. The van der Waals surface area contributed by atoms with Gasteiger partial charge in [0.2, 0.25) is 11.7 Å². The Kier molecular flexibility index (Phi) is 4.13. The molecule has 0 amide bonds. The minimum absolute atomic E-state index is 0.0957.